The van der Waals surface area contributed by atoms with E-state index in [-0.39, 0.29) is 11.9 Å². The molecule has 2 aromatic carbocycles. The van der Waals surface area contributed by atoms with Gasteiger partial charge in [0.05, 0.1) is 21.8 Å². The molecule has 1 aromatic heterocycles. The number of para-hydroxylation sites is 1. The SMILES string of the molecule is CCC(C)NC(=O)c1c(C)c(-c2ccc(Cl)cc2Cl)nc2ccccc12. The van der Waals surface area contributed by atoms with Gasteiger partial charge in [-0.2, -0.15) is 0 Å². The van der Waals surface area contributed by atoms with Crippen molar-refractivity contribution in [2.45, 2.75) is 33.2 Å². The Kier molecular flexibility index (Phi) is 5.49. The number of carbonyl (C=O) groups is 1. The maximum atomic E-state index is 13.0. The summed E-state index contributed by atoms with van der Waals surface area (Å²) in [4.78, 5) is 17.7. The molecule has 0 spiro atoms. The molecule has 1 amide bonds. The fourth-order valence-corrected chi connectivity index (χ4v) is 3.44. The van der Waals surface area contributed by atoms with Crippen molar-refractivity contribution >= 4 is 40.0 Å². The molecule has 0 saturated heterocycles. The van der Waals surface area contributed by atoms with Crippen LogP contribution in [0.1, 0.15) is 36.2 Å². The number of nitrogens with zero attached hydrogens (tertiary/aromatic N) is 1. The molecule has 1 heterocycles. The van der Waals surface area contributed by atoms with Crippen LogP contribution >= 0.6 is 23.2 Å². The second-order valence-corrected chi connectivity index (χ2v) is 7.23. The van der Waals surface area contributed by atoms with Gasteiger partial charge in [0, 0.05) is 22.0 Å². The topological polar surface area (TPSA) is 42.0 Å². The van der Waals surface area contributed by atoms with Gasteiger partial charge in [-0.05, 0) is 50.1 Å². The van der Waals surface area contributed by atoms with Gasteiger partial charge in [0.15, 0.2) is 0 Å². The first kappa shape index (κ1) is 18.7. The van der Waals surface area contributed by atoms with Crippen molar-refractivity contribution in [2.75, 3.05) is 0 Å². The van der Waals surface area contributed by atoms with Gasteiger partial charge < -0.3 is 5.32 Å². The summed E-state index contributed by atoms with van der Waals surface area (Å²) in [6.45, 7) is 5.94. The molecule has 1 atom stereocenters. The van der Waals surface area contributed by atoms with E-state index >= 15 is 0 Å². The van der Waals surface area contributed by atoms with Crippen molar-refractivity contribution in [2.24, 2.45) is 0 Å². The zero-order valence-electron chi connectivity index (χ0n) is 14.9. The minimum atomic E-state index is -0.0956. The molecule has 0 aliphatic carbocycles. The lowest BCUT2D eigenvalue weighted by Gasteiger charge is -2.17. The summed E-state index contributed by atoms with van der Waals surface area (Å²) in [5, 5.41) is 4.97. The molecule has 134 valence electrons. The zero-order chi connectivity index (χ0) is 18.8. The highest BCUT2D eigenvalue weighted by molar-refractivity contribution is 6.36. The molecular weight excluding hydrogens is 367 g/mol. The van der Waals surface area contributed by atoms with E-state index in [1.54, 1.807) is 12.1 Å². The van der Waals surface area contributed by atoms with Crippen LogP contribution in [-0.4, -0.2) is 16.9 Å². The number of nitrogens with one attached hydrogen (secondary N) is 1. The average molecular weight is 387 g/mol. The van der Waals surface area contributed by atoms with Crippen LogP contribution < -0.4 is 5.32 Å². The van der Waals surface area contributed by atoms with Gasteiger partial charge in [0.1, 0.15) is 0 Å². The van der Waals surface area contributed by atoms with Gasteiger partial charge in [0.25, 0.3) is 5.91 Å². The van der Waals surface area contributed by atoms with Crippen molar-refractivity contribution in [1.29, 1.82) is 0 Å². The van der Waals surface area contributed by atoms with Crippen molar-refractivity contribution < 1.29 is 4.79 Å². The number of benzene rings is 2. The minimum absolute atomic E-state index is 0.0939. The molecule has 5 heteroatoms. The average Bonchev–Trinajstić information content (AvgIpc) is 2.61. The van der Waals surface area contributed by atoms with Gasteiger partial charge in [-0.1, -0.05) is 48.3 Å². The van der Waals surface area contributed by atoms with E-state index < -0.39 is 0 Å². The zero-order valence-corrected chi connectivity index (χ0v) is 16.4. The van der Waals surface area contributed by atoms with Crippen LogP contribution in [0, 0.1) is 6.92 Å². The van der Waals surface area contributed by atoms with E-state index in [0.29, 0.717) is 21.3 Å². The molecule has 0 radical (unpaired) electrons. The highest BCUT2D eigenvalue weighted by atomic mass is 35.5. The summed E-state index contributed by atoms with van der Waals surface area (Å²) >= 11 is 12.4. The number of pyridine rings is 1. The Morgan fingerprint density at radius 2 is 1.92 bits per heavy atom. The van der Waals surface area contributed by atoms with E-state index in [1.807, 2.05) is 51.1 Å². The van der Waals surface area contributed by atoms with E-state index in [9.17, 15) is 4.79 Å². The predicted octanol–water partition coefficient (Wildman–Crippen LogP) is 6.05. The largest absolute Gasteiger partial charge is 0.350 e. The first-order valence-electron chi connectivity index (χ1n) is 8.58. The molecule has 0 saturated carbocycles. The molecule has 1 unspecified atom stereocenters. The maximum Gasteiger partial charge on any atom is 0.252 e. The van der Waals surface area contributed by atoms with E-state index in [1.165, 1.54) is 0 Å². The van der Waals surface area contributed by atoms with Crippen LogP contribution in [0.2, 0.25) is 10.0 Å². The normalized spacial score (nSPS) is 12.2. The van der Waals surface area contributed by atoms with Gasteiger partial charge in [-0.25, -0.2) is 4.98 Å². The standard InChI is InChI=1S/C21H20Cl2N2O/c1-4-12(2)24-21(26)19-13(3)20(15-10-9-14(22)11-17(15)23)25-18-8-6-5-7-16(18)19/h5-12H,4H2,1-3H3,(H,24,26). The molecule has 26 heavy (non-hydrogen) atoms. The molecule has 0 fully saturated rings. The fourth-order valence-electron chi connectivity index (χ4n) is 2.94. The Bertz CT molecular complexity index is 985. The van der Waals surface area contributed by atoms with Crippen molar-refractivity contribution in [3.63, 3.8) is 0 Å². The van der Waals surface area contributed by atoms with Crippen LogP contribution in [0.5, 0.6) is 0 Å². The van der Waals surface area contributed by atoms with Gasteiger partial charge in [-0.3, -0.25) is 4.79 Å². The first-order chi connectivity index (χ1) is 12.4. The molecule has 0 aliphatic heterocycles. The Hall–Kier alpha value is -2.10. The molecular formula is C21H20Cl2N2O. The number of hydrogen-bond acceptors (Lipinski definition) is 2. The minimum Gasteiger partial charge on any atom is -0.350 e. The number of aromatic nitrogens is 1. The summed E-state index contributed by atoms with van der Waals surface area (Å²) < 4.78 is 0. The number of hydrogen-bond donors (Lipinski definition) is 1. The molecule has 1 N–H and O–H groups in total. The summed E-state index contributed by atoms with van der Waals surface area (Å²) in [6.07, 6.45) is 0.865. The number of carbonyl (C=O) groups excluding carboxylic acids is 1. The van der Waals surface area contributed by atoms with Crippen molar-refractivity contribution in [3.8, 4) is 11.3 Å². The summed E-state index contributed by atoms with van der Waals surface area (Å²) in [6, 6.07) is 13.1. The van der Waals surface area contributed by atoms with Crippen LogP contribution in [-0.2, 0) is 0 Å². The van der Waals surface area contributed by atoms with Crippen LogP contribution in [0.15, 0.2) is 42.5 Å². The Labute approximate surface area is 163 Å². The number of fused-ring (bicyclic) bond motifs is 1. The smallest absolute Gasteiger partial charge is 0.252 e. The number of amides is 1. The quantitative estimate of drug-likeness (QED) is 0.593. The first-order valence-corrected chi connectivity index (χ1v) is 9.33. The highest BCUT2D eigenvalue weighted by Gasteiger charge is 2.20. The van der Waals surface area contributed by atoms with Gasteiger partial charge in [-0.15, -0.1) is 0 Å². The second-order valence-electron chi connectivity index (χ2n) is 6.38. The molecule has 3 nitrogen and oxygen atoms in total. The lowest BCUT2D eigenvalue weighted by Crippen LogP contribution is -2.32. The lowest BCUT2D eigenvalue weighted by atomic mass is 9.97. The second kappa shape index (κ2) is 7.65. The highest BCUT2D eigenvalue weighted by Crippen LogP contribution is 2.34. The fraction of sp³-hybridized carbons (Fsp3) is 0.238. The lowest BCUT2D eigenvalue weighted by molar-refractivity contribution is 0.0940. The summed E-state index contributed by atoms with van der Waals surface area (Å²) in [5.41, 5.74) is 3.65. The van der Waals surface area contributed by atoms with E-state index in [4.69, 9.17) is 28.2 Å². The molecule has 3 aromatic rings. The monoisotopic (exact) mass is 386 g/mol. The van der Waals surface area contributed by atoms with E-state index in [0.717, 1.165) is 28.5 Å². The summed E-state index contributed by atoms with van der Waals surface area (Å²) in [7, 11) is 0. The predicted molar refractivity (Wildman–Crippen MR) is 109 cm³/mol. The van der Waals surface area contributed by atoms with Crippen molar-refractivity contribution in [1.82, 2.24) is 10.3 Å². The maximum absolute atomic E-state index is 13.0. The van der Waals surface area contributed by atoms with Gasteiger partial charge in [0.2, 0.25) is 0 Å². The number of halogens is 2. The third kappa shape index (κ3) is 3.55. The molecule has 0 aliphatic rings. The number of rotatable bonds is 4. The Morgan fingerprint density at radius 3 is 2.62 bits per heavy atom. The van der Waals surface area contributed by atoms with Crippen molar-refractivity contribution in [3.05, 3.63) is 63.6 Å². The van der Waals surface area contributed by atoms with E-state index in [2.05, 4.69) is 5.32 Å². The van der Waals surface area contributed by atoms with Gasteiger partial charge >= 0.3 is 0 Å². The third-order valence-corrected chi connectivity index (χ3v) is 5.09. The molecule has 3 rings (SSSR count). The Balaban J connectivity index is 2.26. The molecule has 0 bridgehead atoms. The third-order valence-electron chi connectivity index (χ3n) is 4.54. The summed E-state index contributed by atoms with van der Waals surface area (Å²) in [5.74, 6) is -0.0956. The van der Waals surface area contributed by atoms with Crippen LogP contribution in [0.3, 0.4) is 0 Å². The van der Waals surface area contributed by atoms with Crippen LogP contribution in [0.25, 0.3) is 22.2 Å². The Morgan fingerprint density at radius 1 is 1.19 bits per heavy atom. The van der Waals surface area contributed by atoms with Crippen LogP contribution in [0.4, 0.5) is 0 Å².